The zero-order valence-corrected chi connectivity index (χ0v) is 21.1. The van der Waals surface area contributed by atoms with Gasteiger partial charge in [0.15, 0.2) is 5.82 Å². The summed E-state index contributed by atoms with van der Waals surface area (Å²) in [6.07, 6.45) is 7.49. The summed E-state index contributed by atoms with van der Waals surface area (Å²) in [5, 5.41) is 12.0. The third kappa shape index (κ3) is 4.32. The van der Waals surface area contributed by atoms with Gasteiger partial charge in [0, 0.05) is 38.6 Å². The van der Waals surface area contributed by atoms with Gasteiger partial charge in [0.2, 0.25) is 11.8 Å². The number of aromatic nitrogens is 5. The number of hydrogen-bond acceptors (Lipinski definition) is 8. The Hall–Kier alpha value is -4.21. The lowest BCUT2D eigenvalue weighted by atomic mass is 9.76. The van der Waals surface area contributed by atoms with E-state index in [2.05, 4.69) is 57.8 Å². The van der Waals surface area contributed by atoms with Crippen LogP contribution in [0.25, 0.3) is 22.6 Å². The second-order valence-electron chi connectivity index (χ2n) is 10.0. The Balaban J connectivity index is 1.26. The van der Waals surface area contributed by atoms with E-state index in [9.17, 15) is 4.79 Å². The third-order valence-corrected chi connectivity index (χ3v) is 7.29. The van der Waals surface area contributed by atoms with Gasteiger partial charge in [-0.3, -0.25) is 9.48 Å². The molecule has 10 nitrogen and oxygen atoms in total. The largest absolute Gasteiger partial charge is 0.474 e. The van der Waals surface area contributed by atoms with Crippen molar-refractivity contribution in [3.63, 3.8) is 0 Å². The van der Waals surface area contributed by atoms with Crippen molar-refractivity contribution in [1.29, 1.82) is 0 Å². The van der Waals surface area contributed by atoms with E-state index in [-0.39, 0.29) is 17.9 Å². The molecule has 1 aliphatic carbocycles. The Morgan fingerprint density at radius 1 is 1.16 bits per heavy atom. The number of nitrogens with one attached hydrogen (secondary N) is 1. The minimum absolute atomic E-state index is 0.0404. The molecular weight excluding hydrogens is 470 g/mol. The lowest BCUT2D eigenvalue weighted by Crippen LogP contribution is -2.28. The maximum Gasteiger partial charge on any atom is 0.261 e. The van der Waals surface area contributed by atoms with Crippen molar-refractivity contribution in [3.8, 4) is 28.5 Å². The minimum atomic E-state index is -0.374. The molecule has 6 rings (SSSR count). The highest BCUT2D eigenvalue weighted by molar-refractivity contribution is 5.75. The van der Waals surface area contributed by atoms with Crippen LogP contribution >= 0.6 is 0 Å². The van der Waals surface area contributed by atoms with Crippen LogP contribution in [0.4, 0.5) is 5.69 Å². The van der Waals surface area contributed by atoms with E-state index in [1.807, 2.05) is 6.20 Å². The summed E-state index contributed by atoms with van der Waals surface area (Å²) < 4.78 is 12.9. The number of hydrogen-bond donors (Lipinski definition) is 1. The first-order valence-electron chi connectivity index (χ1n) is 12.5. The van der Waals surface area contributed by atoms with Gasteiger partial charge in [-0.2, -0.15) is 10.1 Å². The van der Waals surface area contributed by atoms with Gasteiger partial charge < -0.3 is 19.5 Å². The maximum absolute atomic E-state index is 12.0. The van der Waals surface area contributed by atoms with Crippen molar-refractivity contribution in [3.05, 3.63) is 60.3 Å². The van der Waals surface area contributed by atoms with Crippen LogP contribution in [0.15, 0.2) is 53.4 Å². The van der Waals surface area contributed by atoms with Crippen LogP contribution in [0.2, 0.25) is 0 Å². The Labute approximate surface area is 214 Å². The molecule has 2 aliphatic rings. The number of anilines is 1. The summed E-state index contributed by atoms with van der Waals surface area (Å²) in [6.45, 7) is 3.75. The molecule has 3 aromatic heterocycles. The minimum Gasteiger partial charge on any atom is -0.474 e. The first-order chi connectivity index (χ1) is 17.9. The molecule has 4 heterocycles. The molecule has 0 saturated heterocycles. The summed E-state index contributed by atoms with van der Waals surface area (Å²) in [5.74, 6) is 2.11. The lowest BCUT2D eigenvalue weighted by Gasteiger charge is -2.27. The molecule has 1 saturated carbocycles. The van der Waals surface area contributed by atoms with Gasteiger partial charge in [-0.25, -0.2) is 4.98 Å². The molecule has 10 heteroatoms. The molecular formula is C27H29N7O3. The lowest BCUT2D eigenvalue weighted by molar-refractivity contribution is -0.129. The second-order valence-corrected chi connectivity index (χ2v) is 10.0. The van der Waals surface area contributed by atoms with E-state index in [0.29, 0.717) is 35.7 Å². The van der Waals surface area contributed by atoms with Gasteiger partial charge in [0.1, 0.15) is 13.2 Å². The van der Waals surface area contributed by atoms with Crippen LogP contribution in [-0.4, -0.2) is 63.0 Å². The summed E-state index contributed by atoms with van der Waals surface area (Å²) >= 11 is 0. The number of nitrogens with zero attached hydrogens (tertiary/aromatic N) is 6. The quantitative estimate of drug-likeness (QED) is 0.411. The van der Waals surface area contributed by atoms with Crippen molar-refractivity contribution in [2.75, 3.05) is 32.6 Å². The summed E-state index contributed by atoms with van der Waals surface area (Å²) in [5.41, 5.74) is 4.49. The van der Waals surface area contributed by atoms with Crippen molar-refractivity contribution >= 4 is 11.6 Å². The molecule has 1 aliphatic heterocycles. The first-order valence-corrected chi connectivity index (χ1v) is 12.5. The van der Waals surface area contributed by atoms with E-state index < -0.39 is 0 Å². The molecule has 0 unspecified atom stereocenters. The predicted molar refractivity (Wildman–Crippen MR) is 137 cm³/mol. The smallest absolute Gasteiger partial charge is 0.261 e. The highest BCUT2D eigenvalue weighted by Crippen LogP contribution is 2.50. The number of amides is 1. The Morgan fingerprint density at radius 2 is 1.97 bits per heavy atom. The van der Waals surface area contributed by atoms with Crippen molar-refractivity contribution < 1.29 is 14.1 Å². The van der Waals surface area contributed by atoms with Crippen LogP contribution < -0.4 is 10.1 Å². The van der Waals surface area contributed by atoms with E-state index in [4.69, 9.17) is 14.2 Å². The summed E-state index contributed by atoms with van der Waals surface area (Å²) in [7, 11) is 3.44. The molecule has 190 valence electrons. The van der Waals surface area contributed by atoms with Gasteiger partial charge in [0.05, 0.1) is 22.9 Å². The van der Waals surface area contributed by atoms with E-state index in [0.717, 1.165) is 41.8 Å². The number of fused-ring (bicyclic) bond motifs is 1. The molecule has 1 aromatic carbocycles. The average Bonchev–Trinajstić information content (AvgIpc) is 3.48. The number of ether oxygens (including phenoxy) is 1. The Kier molecular flexibility index (Phi) is 5.66. The van der Waals surface area contributed by atoms with Crippen LogP contribution in [0, 0.1) is 5.92 Å². The zero-order valence-electron chi connectivity index (χ0n) is 21.1. The first kappa shape index (κ1) is 23.2. The standard InChI is InChI=1S/C27H29N7O3/c1-27(21-8-9-21,26-31-24(37-32-26)19-14-30-34(15-19)16-23(35)33(2)3)20-6-4-17(5-7-20)18-12-22-25(29-13-18)36-11-10-28-22/h4-7,12-15,21,28H,8-11,16H2,1-3H3/t27-/m1/s1. The monoisotopic (exact) mass is 499 g/mol. The topological polar surface area (TPSA) is 111 Å². The van der Waals surface area contributed by atoms with Crippen molar-refractivity contribution in [2.45, 2.75) is 31.7 Å². The van der Waals surface area contributed by atoms with Gasteiger partial charge >= 0.3 is 0 Å². The van der Waals surface area contributed by atoms with Crippen molar-refractivity contribution in [2.24, 2.45) is 5.92 Å². The number of likely N-dealkylation sites (N-methyl/N-ethyl adjacent to an activating group) is 1. The van der Waals surface area contributed by atoms with Gasteiger partial charge in [-0.1, -0.05) is 29.4 Å². The molecule has 0 bridgehead atoms. The van der Waals surface area contributed by atoms with Crippen LogP contribution in [0.1, 0.15) is 31.2 Å². The number of rotatable bonds is 7. The summed E-state index contributed by atoms with van der Waals surface area (Å²) in [6, 6.07) is 10.6. The van der Waals surface area contributed by atoms with Crippen LogP contribution in [0.3, 0.4) is 0 Å². The van der Waals surface area contributed by atoms with E-state index in [1.165, 1.54) is 4.90 Å². The van der Waals surface area contributed by atoms with E-state index >= 15 is 0 Å². The molecule has 37 heavy (non-hydrogen) atoms. The van der Waals surface area contributed by atoms with Gasteiger partial charge in [-0.05, 0) is 42.9 Å². The Morgan fingerprint density at radius 3 is 2.73 bits per heavy atom. The molecule has 1 fully saturated rings. The number of benzene rings is 1. The molecule has 4 aromatic rings. The van der Waals surface area contributed by atoms with E-state index in [1.54, 1.807) is 31.2 Å². The highest BCUT2D eigenvalue weighted by atomic mass is 16.5. The number of carbonyl (C=O) groups is 1. The van der Waals surface area contributed by atoms with Crippen LogP contribution in [-0.2, 0) is 16.8 Å². The normalized spacial score (nSPS) is 16.3. The van der Waals surface area contributed by atoms with Crippen molar-refractivity contribution in [1.82, 2.24) is 29.8 Å². The Bertz CT molecular complexity index is 1440. The third-order valence-electron chi connectivity index (χ3n) is 7.29. The fourth-order valence-electron chi connectivity index (χ4n) is 4.79. The number of carbonyl (C=O) groups excluding carboxylic acids is 1. The molecule has 1 amide bonds. The zero-order chi connectivity index (χ0) is 25.6. The molecule has 0 spiro atoms. The van der Waals surface area contributed by atoms with Gasteiger partial charge in [0.25, 0.3) is 5.89 Å². The van der Waals surface area contributed by atoms with Crippen LogP contribution in [0.5, 0.6) is 5.88 Å². The van der Waals surface area contributed by atoms with Gasteiger partial charge in [-0.15, -0.1) is 0 Å². The average molecular weight is 500 g/mol. The second kappa shape index (κ2) is 9.02. The molecule has 0 radical (unpaired) electrons. The fourth-order valence-corrected chi connectivity index (χ4v) is 4.79. The molecule has 1 N–H and O–H groups in total. The fraction of sp³-hybridized carbons (Fsp3) is 0.370. The predicted octanol–water partition coefficient (Wildman–Crippen LogP) is 3.60. The highest BCUT2D eigenvalue weighted by Gasteiger charge is 2.47. The maximum atomic E-state index is 12.0. The molecule has 1 atom stereocenters. The summed E-state index contributed by atoms with van der Waals surface area (Å²) in [4.78, 5) is 22.8. The SMILES string of the molecule is CN(C)C(=O)Cn1cc(-c2nc([C@](C)(c3ccc(-c4cnc5c(c4)NCCO5)cc3)C3CC3)no2)cn1. The number of pyridine rings is 1.